The number of methoxy groups -OCH3 is 1. The van der Waals surface area contributed by atoms with Gasteiger partial charge in [0.25, 0.3) is 0 Å². The van der Waals surface area contributed by atoms with E-state index in [0.717, 1.165) is 25.3 Å². The summed E-state index contributed by atoms with van der Waals surface area (Å²) < 4.78 is 62.2. The third kappa shape index (κ3) is 3.93. The van der Waals surface area contributed by atoms with E-state index in [2.05, 4.69) is 9.72 Å². The van der Waals surface area contributed by atoms with Crippen molar-refractivity contribution in [3.63, 3.8) is 0 Å². The third-order valence-corrected chi connectivity index (χ3v) is 3.50. The van der Waals surface area contributed by atoms with E-state index in [4.69, 9.17) is 4.74 Å². The van der Waals surface area contributed by atoms with Crippen molar-refractivity contribution in [1.29, 1.82) is 0 Å². The van der Waals surface area contributed by atoms with E-state index in [0.29, 0.717) is 0 Å². The average molecular weight is 380 g/mol. The third-order valence-electron chi connectivity index (χ3n) is 3.50. The molecule has 4 nitrogen and oxygen atoms in total. The van der Waals surface area contributed by atoms with E-state index in [1.165, 1.54) is 24.3 Å². The first-order valence-electron chi connectivity index (χ1n) is 7.04. The molecule has 3 rings (SSSR count). The molecule has 0 atom stereocenters. The fourth-order valence-corrected chi connectivity index (χ4v) is 2.35. The number of aromatic nitrogens is 1. The summed E-state index contributed by atoms with van der Waals surface area (Å²) in [6.07, 6.45) is -4.55. The quantitative estimate of drug-likeness (QED) is 0.406. The van der Waals surface area contributed by atoms with E-state index in [-0.39, 0.29) is 53.9 Å². The van der Waals surface area contributed by atoms with Crippen LogP contribution in [0.3, 0.4) is 0 Å². The number of hydrogen-bond donors (Lipinski definition) is 1. The second kappa shape index (κ2) is 7.54. The maximum absolute atomic E-state index is 13.5. The van der Waals surface area contributed by atoms with Crippen molar-refractivity contribution in [3.8, 4) is 11.5 Å². The molecule has 3 aromatic rings. The zero-order valence-corrected chi connectivity index (χ0v) is 14.9. The minimum Gasteiger partial charge on any atom is -1.00 e. The molecule has 0 unspecified atom stereocenters. The zero-order valence-electron chi connectivity index (χ0n) is 15.5. The Balaban J connectivity index is 0.00000243. The van der Waals surface area contributed by atoms with Crippen LogP contribution < -0.4 is 4.74 Å². The number of esters is 1. The van der Waals surface area contributed by atoms with Crippen LogP contribution in [0.15, 0.2) is 42.5 Å². The molecule has 0 radical (unpaired) electrons. The van der Waals surface area contributed by atoms with Gasteiger partial charge in [-0.3, -0.25) is 0 Å². The number of nitrogens with one attached hydrogen (secondary N) is 1. The normalized spacial score (nSPS) is 11.1. The molecular weight excluding hydrogens is 366 g/mol. The predicted octanol–water partition coefficient (Wildman–Crippen LogP) is 4.75. The minimum absolute atomic E-state index is 0. The first-order chi connectivity index (χ1) is 11.8. The average Bonchev–Trinajstić information content (AvgIpc) is 3.00. The molecule has 0 saturated heterocycles. The maximum atomic E-state index is 13.5. The largest absolute Gasteiger partial charge is 2.00 e. The minimum atomic E-state index is -4.55. The Morgan fingerprint density at radius 3 is 2.50 bits per heavy atom. The Morgan fingerprint density at radius 2 is 1.85 bits per heavy atom. The zero-order chi connectivity index (χ0) is 18.2. The molecular formula is C17H13F4MgNO3. The van der Waals surface area contributed by atoms with Gasteiger partial charge in [0.1, 0.15) is 28.6 Å². The van der Waals surface area contributed by atoms with Gasteiger partial charge in [0.15, 0.2) is 0 Å². The Morgan fingerprint density at radius 1 is 1.12 bits per heavy atom. The molecule has 9 heteroatoms. The second-order valence-corrected chi connectivity index (χ2v) is 5.13. The number of ether oxygens (including phenoxy) is 2. The Hall–Kier alpha value is -2.26. The van der Waals surface area contributed by atoms with Crippen LogP contribution in [0.4, 0.5) is 17.6 Å². The summed E-state index contributed by atoms with van der Waals surface area (Å²) in [5, 5.41) is 0.148. The van der Waals surface area contributed by atoms with E-state index < -0.39 is 23.7 Å². The smallest absolute Gasteiger partial charge is 1.00 e. The number of benzene rings is 2. The molecule has 0 bridgehead atoms. The maximum Gasteiger partial charge on any atom is 2.00 e. The van der Waals surface area contributed by atoms with Crippen LogP contribution in [0.25, 0.3) is 10.9 Å². The first-order valence-corrected chi connectivity index (χ1v) is 7.04. The number of hydrogen-bond acceptors (Lipinski definition) is 3. The van der Waals surface area contributed by atoms with E-state index in [9.17, 15) is 22.4 Å². The van der Waals surface area contributed by atoms with Gasteiger partial charge in [-0.05, 0) is 30.3 Å². The molecule has 2 aromatic carbocycles. The number of halogens is 4. The Labute approximate surface area is 164 Å². The van der Waals surface area contributed by atoms with Crippen molar-refractivity contribution < 1.29 is 34.7 Å². The number of aromatic amines is 1. The van der Waals surface area contributed by atoms with Crippen LogP contribution in [0.2, 0.25) is 0 Å². The van der Waals surface area contributed by atoms with Crippen LogP contribution in [0.1, 0.15) is 18.9 Å². The summed E-state index contributed by atoms with van der Waals surface area (Å²) in [5.74, 6) is -1.54. The summed E-state index contributed by atoms with van der Waals surface area (Å²) in [7, 11) is 1.15. The molecule has 0 aliphatic carbocycles. The fourth-order valence-electron chi connectivity index (χ4n) is 2.35. The van der Waals surface area contributed by atoms with Crippen molar-refractivity contribution in [1.82, 2.24) is 4.98 Å². The first kappa shape index (κ1) is 20.1. The molecule has 0 saturated carbocycles. The monoisotopic (exact) mass is 379 g/mol. The summed E-state index contributed by atoms with van der Waals surface area (Å²) in [6, 6.07) is 8.43. The van der Waals surface area contributed by atoms with Crippen LogP contribution in [-0.4, -0.2) is 41.1 Å². The van der Waals surface area contributed by atoms with Gasteiger partial charge in [0.05, 0.1) is 7.11 Å². The van der Waals surface area contributed by atoms with Gasteiger partial charge >= 0.3 is 35.2 Å². The molecule has 26 heavy (non-hydrogen) atoms. The second-order valence-electron chi connectivity index (χ2n) is 5.13. The summed E-state index contributed by atoms with van der Waals surface area (Å²) in [6.45, 7) is 0. The van der Waals surface area contributed by atoms with Gasteiger partial charge in [0.2, 0.25) is 0 Å². The summed E-state index contributed by atoms with van der Waals surface area (Å²) in [5.41, 5.74) is -0.792. The van der Waals surface area contributed by atoms with E-state index in [1.807, 2.05) is 0 Å². The molecule has 1 N–H and O–H groups in total. The molecule has 0 fully saturated rings. The SMILES string of the molecule is COC(=O)c1ccc(F)cc1Oc1cccc2[nH]c(C(F)(F)F)cc12.[H-].[H-].[Mg+2]. The van der Waals surface area contributed by atoms with Gasteiger partial charge in [-0.2, -0.15) is 13.2 Å². The topological polar surface area (TPSA) is 51.3 Å². The molecule has 0 aliphatic rings. The molecule has 1 heterocycles. The predicted molar refractivity (Wildman–Crippen MR) is 89.1 cm³/mol. The Bertz CT molecular complexity index is 963. The van der Waals surface area contributed by atoms with Crippen LogP contribution in [-0.2, 0) is 10.9 Å². The number of carbonyl (C=O) groups is 1. The number of carbonyl (C=O) groups excluding carboxylic acids is 1. The summed E-state index contributed by atoms with van der Waals surface area (Å²) >= 11 is 0. The van der Waals surface area contributed by atoms with Gasteiger partial charge in [-0.15, -0.1) is 0 Å². The van der Waals surface area contributed by atoms with Crippen molar-refractivity contribution in [2.75, 3.05) is 7.11 Å². The molecule has 0 spiro atoms. The van der Waals surface area contributed by atoms with Crippen molar-refractivity contribution >= 4 is 39.9 Å². The molecule has 134 valence electrons. The van der Waals surface area contributed by atoms with Crippen LogP contribution in [0, 0.1) is 5.82 Å². The van der Waals surface area contributed by atoms with Crippen LogP contribution >= 0.6 is 0 Å². The van der Waals surface area contributed by atoms with Crippen LogP contribution in [0.5, 0.6) is 11.5 Å². The van der Waals surface area contributed by atoms with Crippen molar-refractivity contribution in [2.45, 2.75) is 6.18 Å². The van der Waals surface area contributed by atoms with E-state index >= 15 is 0 Å². The molecule has 0 amide bonds. The number of H-pyrrole nitrogens is 1. The fraction of sp³-hybridized carbons (Fsp3) is 0.118. The Kier molecular flexibility index (Phi) is 5.82. The van der Waals surface area contributed by atoms with Crippen molar-refractivity contribution in [2.24, 2.45) is 0 Å². The van der Waals surface area contributed by atoms with E-state index in [1.54, 1.807) is 0 Å². The van der Waals surface area contributed by atoms with Gasteiger partial charge in [-0.25, -0.2) is 9.18 Å². The molecule has 1 aromatic heterocycles. The van der Waals surface area contributed by atoms with Crippen molar-refractivity contribution in [3.05, 3.63) is 59.5 Å². The molecule has 0 aliphatic heterocycles. The summed E-state index contributed by atoms with van der Waals surface area (Å²) in [4.78, 5) is 14.0. The van der Waals surface area contributed by atoms with Gasteiger partial charge in [0, 0.05) is 17.0 Å². The number of fused-ring (bicyclic) bond motifs is 1. The van der Waals surface area contributed by atoms with Gasteiger partial charge in [-0.1, -0.05) is 6.07 Å². The van der Waals surface area contributed by atoms with Gasteiger partial charge < -0.3 is 17.3 Å². The number of rotatable bonds is 3. The number of alkyl halides is 3. The standard InChI is InChI=1S/C17H11F4NO3.Mg.2H/c1-24-16(23)10-6-5-9(18)7-14(10)25-13-4-2-3-12-11(13)8-15(22-12)17(19,20)21;;;/h2-8,22H,1H3;;;/q;+2;2*-1.